The van der Waals surface area contributed by atoms with Gasteiger partial charge in [0.15, 0.2) is 0 Å². The molecule has 0 spiro atoms. The van der Waals surface area contributed by atoms with Crippen LogP contribution in [0.25, 0.3) is 0 Å². The Bertz CT molecular complexity index is 269. The Kier molecular flexibility index (Phi) is 2.76. The van der Waals surface area contributed by atoms with Crippen LogP contribution in [0.2, 0.25) is 0 Å². The summed E-state index contributed by atoms with van der Waals surface area (Å²) in [4.78, 5) is 2.50. The van der Waals surface area contributed by atoms with Crippen molar-refractivity contribution < 1.29 is 9.30 Å². The van der Waals surface area contributed by atoms with Crippen LogP contribution >= 0.6 is 7.14 Å². The van der Waals surface area contributed by atoms with E-state index < -0.39 is 7.14 Å². The largest absolute Gasteiger partial charge is 0.383 e. The predicted octanol–water partition coefficient (Wildman–Crippen LogP) is 1.47. The van der Waals surface area contributed by atoms with E-state index in [2.05, 4.69) is 4.90 Å². The Morgan fingerprint density at radius 2 is 2.29 bits per heavy atom. The normalized spacial score (nSPS) is 43.9. The summed E-state index contributed by atoms with van der Waals surface area (Å²) in [6.07, 6.45) is 4.17. The minimum absolute atomic E-state index is 0.122. The predicted molar refractivity (Wildman–Crippen MR) is 58.7 cm³/mol. The molecule has 2 rings (SSSR count). The number of rotatable bonds is 2. The van der Waals surface area contributed by atoms with Gasteiger partial charge in [0.1, 0.15) is 0 Å². The van der Waals surface area contributed by atoms with Crippen molar-refractivity contribution in [1.82, 2.24) is 4.90 Å². The van der Waals surface area contributed by atoms with E-state index in [1.165, 1.54) is 19.4 Å². The van der Waals surface area contributed by atoms with Crippen LogP contribution in [0.4, 0.5) is 0 Å². The second-order valence-electron chi connectivity index (χ2n) is 4.93. The van der Waals surface area contributed by atoms with Crippen molar-refractivity contribution in [2.24, 2.45) is 0 Å². The standard InChI is InChI=1S/C10H20NO2P/c1-13-8-10-4-3-5-11(10)6-7-14(2,12)9-10/h3-9H2,1-2H3. The number of fused-ring (bicyclic) bond motifs is 1. The van der Waals surface area contributed by atoms with Crippen molar-refractivity contribution >= 4 is 7.14 Å². The zero-order valence-electron chi connectivity index (χ0n) is 9.16. The van der Waals surface area contributed by atoms with Crippen LogP contribution in [-0.4, -0.2) is 56.2 Å². The summed E-state index contributed by atoms with van der Waals surface area (Å²) in [6, 6.07) is 0. The quantitative estimate of drug-likeness (QED) is 0.656. The van der Waals surface area contributed by atoms with Gasteiger partial charge in [-0.25, -0.2) is 0 Å². The van der Waals surface area contributed by atoms with Crippen LogP contribution in [0.1, 0.15) is 12.8 Å². The molecule has 2 unspecified atom stereocenters. The molecule has 2 fully saturated rings. The van der Waals surface area contributed by atoms with E-state index >= 15 is 0 Å². The molecule has 0 bridgehead atoms. The van der Waals surface area contributed by atoms with Crippen LogP contribution < -0.4 is 0 Å². The van der Waals surface area contributed by atoms with Gasteiger partial charge in [0.05, 0.1) is 19.3 Å². The van der Waals surface area contributed by atoms with Gasteiger partial charge < -0.3 is 9.30 Å². The Labute approximate surface area is 86.2 Å². The fourth-order valence-electron chi connectivity index (χ4n) is 3.03. The first-order chi connectivity index (χ1) is 6.58. The minimum Gasteiger partial charge on any atom is -0.383 e. The van der Waals surface area contributed by atoms with Gasteiger partial charge in [-0.3, -0.25) is 4.90 Å². The summed E-state index contributed by atoms with van der Waals surface area (Å²) in [5.41, 5.74) is 0.122. The molecule has 82 valence electrons. The second kappa shape index (κ2) is 3.62. The lowest BCUT2D eigenvalue weighted by atomic mass is 10.00. The molecule has 0 aliphatic carbocycles. The summed E-state index contributed by atoms with van der Waals surface area (Å²) in [7, 11) is -0.123. The average molecular weight is 217 g/mol. The third-order valence-electron chi connectivity index (χ3n) is 3.63. The molecule has 2 atom stereocenters. The smallest absolute Gasteiger partial charge is 0.0879 e. The molecule has 0 aromatic rings. The molecule has 2 saturated heterocycles. The van der Waals surface area contributed by atoms with E-state index in [4.69, 9.17) is 4.74 Å². The molecule has 0 N–H and O–H groups in total. The topological polar surface area (TPSA) is 29.5 Å². The number of hydrogen-bond donors (Lipinski definition) is 0. The molecule has 2 aliphatic heterocycles. The van der Waals surface area contributed by atoms with Gasteiger partial charge >= 0.3 is 0 Å². The highest BCUT2D eigenvalue weighted by Crippen LogP contribution is 2.52. The summed E-state index contributed by atoms with van der Waals surface area (Å²) < 4.78 is 17.5. The molecule has 2 aliphatic rings. The lowest BCUT2D eigenvalue weighted by Gasteiger charge is -2.44. The summed E-state index contributed by atoms with van der Waals surface area (Å²) in [6.45, 7) is 4.89. The fraction of sp³-hybridized carbons (Fsp3) is 1.00. The third kappa shape index (κ3) is 1.78. The van der Waals surface area contributed by atoms with Gasteiger partial charge in [-0.1, -0.05) is 0 Å². The van der Waals surface area contributed by atoms with Crippen molar-refractivity contribution in [1.29, 1.82) is 0 Å². The van der Waals surface area contributed by atoms with Gasteiger partial charge in [0.2, 0.25) is 0 Å². The van der Waals surface area contributed by atoms with E-state index in [1.807, 2.05) is 6.66 Å². The molecule has 0 radical (unpaired) electrons. The number of methoxy groups -OCH3 is 1. The molecular formula is C10H20NO2P. The van der Waals surface area contributed by atoms with Crippen LogP contribution in [0.3, 0.4) is 0 Å². The first-order valence-electron chi connectivity index (χ1n) is 5.38. The molecule has 0 saturated carbocycles. The first kappa shape index (κ1) is 10.7. The highest BCUT2D eigenvalue weighted by Gasteiger charge is 2.47. The van der Waals surface area contributed by atoms with Crippen molar-refractivity contribution in [2.45, 2.75) is 18.4 Å². The van der Waals surface area contributed by atoms with Crippen LogP contribution in [0.15, 0.2) is 0 Å². The Morgan fingerprint density at radius 1 is 1.50 bits per heavy atom. The number of ether oxygens (including phenoxy) is 1. The zero-order valence-corrected chi connectivity index (χ0v) is 10.1. The monoisotopic (exact) mass is 217 g/mol. The van der Waals surface area contributed by atoms with Crippen molar-refractivity contribution in [3.8, 4) is 0 Å². The molecule has 2 heterocycles. The highest BCUT2D eigenvalue weighted by molar-refractivity contribution is 7.63. The van der Waals surface area contributed by atoms with E-state index in [-0.39, 0.29) is 5.54 Å². The molecule has 0 amide bonds. The van der Waals surface area contributed by atoms with Gasteiger partial charge in [0.25, 0.3) is 0 Å². The van der Waals surface area contributed by atoms with E-state index in [0.29, 0.717) is 0 Å². The third-order valence-corrected chi connectivity index (χ3v) is 6.03. The van der Waals surface area contributed by atoms with Gasteiger partial charge in [-0.2, -0.15) is 0 Å². The van der Waals surface area contributed by atoms with Crippen molar-refractivity contribution in [2.75, 3.05) is 45.8 Å². The van der Waals surface area contributed by atoms with Gasteiger partial charge in [-0.15, -0.1) is 0 Å². The number of nitrogens with zero attached hydrogens (tertiary/aromatic N) is 1. The second-order valence-corrected chi connectivity index (χ2v) is 8.28. The minimum atomic E-state index is -1.87. The van der Waals surface area contributed by atoms with Crippen LogP contribution in [0, 0.1) is 0 Å². The highest BCUT2D eigenvalue weighted by atomic mass is 31.2. The Morgan fingerprint density at radius 3 is 3.00 bits per heavy atom. The molecule has 0 aromatic heterocycles. The van der Waals surface area contributed by atoms with E-state index in [0.717, 1.165) is 25.5 Å². The van der Waals surface area contributed by atoms with Gasteiger partial charge in [-0.05, 0) is 26.1 Å². The molecule has 14 heavy (non-hydrogen) atoms. The average Bonchev–Trinajstić information content (AvgIpc) is 2.45. The maximum absolute atomic E-state index is 12.2. The van der Waals surface area contributed by atoms with E-state index in [9.17, 15) is 4.57 Å². The lowest BCUT2D eigenvalue weighted by molar-refractivity contribution is 0.0514. The Hall–Kier alpha value is 0.150. The van der Waals surface area contributed by atoms with Gasteiger partial charge in [0, 0.05) is 26.0 Å². The molecular weight excluding hydrogens is 197 g/mol. The Balaban J connectivity index is 2.19. The lowest BCUT2D eigenvalue weighted by Crippen LogP contribution is -2.54. The first-order valence-corrected chi connectivity index (χ1v) is 7.90. The van der Waals surface area contributed by atoms with Crippen molar-refractivity contribution in [3.63, 3.8) is 0 Å². The molecule has 4 heteroatoms. The van der Waals surface area contributed by atoms with Crippen molar-refractivity contribution in [3.05, 3.63) is 0 Å². The summed E-state index contributed by atoms with van der Waals surface area (Å²) in [5, 5.41) is 0. The molecule has 0 aromatic carbocycles. The summed E-state index contributed by atoms with van der Waals surface area (Å²) in [5.74, 6) is 0. The SMILES string of the molecule is COCC12CCCN1CCP(C)(=O)C2. The number of hydrogen-bond acceptors (Lipinski definition) is 3. The van der Waals surface area contributed by atoms with Crippen LogP contribution in [-0.2, 0) is 9.30 Å². The fourth-order valence-corrected chi connectivity index (χ4v) is 5.55. The van der Waals surface area contributed by atoms with E-state index in [1.54, 1.807) is 7.11 Å². The zero-order chi connectivity index (χ0) is 10.2. The maximum atomic E-state index is 12.2. The maximum Gasteiger partial charge on any atom is 0.0879 e. The summed E-state index contributed by atoms with van der Waals surface area (Å²) >= 11 is 0. The molecule has 3 nitrogen and oxygen atoms in total. The van der Waals surface area contributed by atoms with Crippen LogP contribution in [0.5, 0.6) is 0 Å².